The maximum atomic E-state index is 13.2. The van der Waals surface area contributed by atoms with Crippen LogP contribution in [0.1, 0.15) is 24.9 Å². The van der Waals surface area contributed by atoms with E-state index >= 15 is 0 Å². The van der Waals surface area contributed by atoms with Crippen molar-refractivity contribution in [2.75, 3.05) is 0 Å². The molecular weight excluding hydrogens is 220 g/mol. The maximum absolute atomic E-state index is 13.2. The third-order valence-corrected chi connectivity index (χ3v) is 1.93. The fourth-order valence-corrected chi connectivity index (χ4v) is 1.29. The quantitative estimate of drug-likeness (QED) is 0.796. The third kappa shape index (κ3) is 3.98. The summed E-state index contributed by atoms with van der Waals surface area (Å²) in [5, 5.41) is 0. The van der Waals surface area contributed by atoms with Crippen molar-refractivity contribution in [2.45, 2.75) is 19.4 Å². The van der Waals surface area contributed by atoms with E-state index in [9.17, 15) is 8.78 Å². The smallest absolute Gasteiger partial charge is 0.130 e. The zero-order valence-electron chi connectivity index (χ0n) is 8.47. The highest BCUT2D eigenvalue weighted by molar-refractivity contribution is 5.85. The van der Waals surface area contributed by atoms with Gasteiger partial charge in [0.05, 0.1) is 0 Å². The lowest BCUT2D eigenvalue weighted by molar-refractivity contribution is 0.554. The summed E-state index contributed by atoms with van der Waals surface area (Å²) in [7, 11) is 0. The Balaban J connectivity index is 0.00000196. The minimum atomic E-state index is -0.598. The molecule has 4 heteroatoms. The molecule has 0 amide bonds. The Morgan fingerprint density at radius 1 is 1.47 bits per heavy atom. The molecular formula is C11H14ClF2N. The molecule has 0 spiro atoms. The zero-order valence-corrected chi connectivity index (χ0v) is 9.28. The number of benzene rings is 1. The number of hydrogen-bond donors (Lipinski definition) is 1. The van der Waals surface area contributed by atoms with Crippen molar-refractivity contribution in [1.82, 2.24) is 0 Å². The van der Waals surface area contributed by atoms with Crippen LogP contribution in [-0.4, -0.2) is 0 Å². The van der Waals surface area contributed by atoms with Crippen LogP contribution in [0.2, 0.25) is 0 Å². The molecule has 0 aliphatic heterocycles. The lowest BCUT2D eigenvalue weighted by Crippen LogP contribution is -2.12. The molecule has 0 aliphatic rings. The fourth-order valence-electron chi connectivity index (χ4n) is 1.29. The Morgan fingerprint density at radius 2 is 2.07 bits per heavy atom. The second-order valence-corrected chi connectivity index (χ2v) is 3.43. The van der Waals surface area contributed by atoms with Gasteiger partial charge in [0.15, 0.2) is 0 Å². The standard InChI is InChI=1S/C11H13F2N.ClH/c1-7(2)5-11(14)9-4-3-8(12)6-10(9)13;/h3-4,6,11H,1,5,14H2,2H3;1H/t11-;/m0./s1. The van der Waals surface area contributed by atoms with Gasteiger partial charge in [-0.05, 0) is 19.4 Å². The van der Waals surface area contributed by atoms with Crippen molar-refractivity contribution in [3.05, 3.63) is 47.5 Å². The minimum Gasteiger partial charge on any atom is -0.324 e. The average molecular weight is 234 g/mol. The van der Waals surface area contributed by atoms with Crippen molar-refractivity contribution < 1.29 is 8.78 Å². The molecule has 1 aromatic rings. The normalized spacial score (nSPS) is 11.7. The summed E-state index contributed by atoms with van der Waals surface area (Å²) in [5.74, 6) is -1.19. The molecule has 1 nitrogen and oxygen atoms in total. The topological polar surface area (TPSA) is 26.0 Å². The Morgan fingerprint density at radius 3 is 2.53 bits per heavy atom. The first-order valence-electron chi connectivity index (χ1n) is 4.35. The lowest BCUT2D eigenvalue weighted by Gasteiger charge is -2.12. The van der Waals surface area contributed by atoms with E-state index in [4.69, 9.17) is 5.73 Å². The van der Waals surface area contributed by atoms with Gasteiger partial charge in [-0.1, -0.05) is 11.6 Å². The first-order chi connectivity index (χ1) is 6.50. The molecule has 2 N–H and O–H groups in total. The van der Waals surface area contributed by atoms with E-state index in [1.807, 2.05) is 6.92 Å². The number of rotatable bonds is 3. The summed E-state index contributed by atoms with van der Waals surface area (Å²) < 4.78 is 25.8. The summed E-state index contributed by atoms with van der Waals surface area (Å²) in [4.78, 5) is 0. The average Bonchev–Trinajstić information content (AvgIpc) is 2.01. The first-order valence-corrected chi connectivity index (χ1v) is 4.35. The monoisotopic (exact) mass is 233 g/mol. The Labute approximate surface area is 94.4 Å². The highest BCUT2D eigenvalue weighted by Gasteiger charge is 2.11. The van der Waals surface area contributed by atoms with Crippen molar-refractivity contribution in [2.24, 2.45) is 5.73 Å². The van der Waals surface area contributed by atoms with Crippen LogP contribution in [0.15, 0.2) is 30.4 Å². The predicted octanol–water partition coefficient (Wildman–Crippen LogP) is 3.35. The zero-order chi connectivity index (χ0) is 10.7. The van der Waals surface area contributed by atoms with E-state index in [0.717, 1.165) is 11.6 Å². The van der Waals surface area contributed by atoms with E-state index in [2.05, 4.69) is 6.58 Å². The van der Waals surface area contributed by atoms with Crippen LogP contribution in [0.25, 0.3) is 0 Å². The first kappa shape index (κ1) is 14.1. The number of nitrogens with two attached hydrogens (primary N) is 1. The molecule has 0 saturated carbocycles. The van der Waals surface area contributed by atoms with Gasteiger partial charge in [0.25, 0.3) is 0 Å². The highest BCUT2D eigenvalue weighted by atomic mass is 35.5. The summed E-state index contributed by atoms with van der Waals surface area (Å²) in [5.41, 5.74) is 6.93. The predicted molar refractivity (Wildman–Crippen MR) is 60.0 cm³/mol. The van der Waals surface area contributed by atoms with Gasteiger partial charge in [-0.3, -0.25) is 0 Å². The molecule has 15 heavy (non-hydrogen) atoms. The van der Waals surface area contributed by atoms with E-state index in [1.165, 1.54) is 12.1 Å². The molecule has 84 valence electrons. The molecule has 0 bridgehead atoms. The lowest BCUT2D eigenvalue weighted by atomic mass is 10.0. The van der Waals surface area contributed by atoms with Crippen LogP contribution in [0.4, 0.5) is 8.78 Å². The molecule has 0 fully saturated rings. The maximum Gasteiger partial charge on any atom is 0.130 e. The van der Waals surface area contributed by atoms with Crippen LogP contribution in [0.5, 0.6) is 0 Å². The molecule has 0 unspecified atom stereocenters. The molecule has 1 aromatic carbocycles. The summed E-state index contributed by atoms with van der Waals surface area (Å²) >= 11 is 0. The van der Waals surface area contributed by atoms with Gasteiger partial charge in [0.1, 0.15) is 11.6 Å². The van der Waals surface area contributed by atoms with Gasteiger partial charge < -0.3 is 5.73 Å². The Kier molecular flexibility index (Phi) is 5.47. The van der Waals surface area contributed by atoms with E-state index in [0.29, 0.717) is 12.0 Å². The molecule has 1 rings (SSSR count). The molecule has 1 atom stereocenters. The molecule has 0 saturated heterocycles. The van der Waals surface area contributed by atoms with Crippen LogP contribution in [0.3, 0.4) is 0 Å². The molecule has 0 aromatic heterocycles. The SMILES string of the molecule is C=C(C)C[C@H](N)c1ccc(F)cc1F.Cl. The largest absolute Gasteiger partial charge is 0.324 e. The van der Waals surface area contributed by atoms with Crippen LogP contribution >= 0.6 is 12.4 Å². The van der Waals surface area contributed by atoms with Gasteiger partial charge in [0, 0.05) is 17.7 Å². The fraction of sp³-hybridized carbons (Fsp3) is 0.273. The van der Waals surface area contributed by atoms with Crippen LogP contribution in [-0.2, 0) is 0 Å². The van der Waals surface area contributed by atoms with Gasteiger partial charge >= 0.3 is 0 Å². The number of hydrogen-bond acceptors (Lipinski definition) is 1. The van der Waals surface area contributed by atoms with Crippen molar-refractivity contribution >= 4 is 12.4 Å². The van der Waals surface area contributed by atoms with Gasteiger partial charge in [-0.2, -0.15) is 0 Å². The van der Waals surface area contributed by atoms with Crippen molar-refractivity contribution in [1.29, 1.82) is 0 Å². The van der Waals surface area contributed by atoms with Gasteiger partial charge in [-0.15, -0.1) is 19.0 Å². The Bertz CT molecular complexity index is 352. The van der Waals surface area contributed by atoms with Crippen LogP contribution in [0, 0.1) is 11.6 Å². The molecule has 0 radical (unpaired) electrons. The number of halogens is 3. The van der Waals surface area contributed by atoms with Crippen molar-refractivity contribution in [3.8, 4) is 0 Å². The minimum absolute atomic E-state index is 0. The molecule has 0 heterocycles. The second kappa shape index (κ2) is 5.83. The molecule has 0 aliphatic carbocycles. The summed E-state index contributed by atoms with van der Waals surface area (Å²) in [6.45, 7) is 5.51. The third-order valence-electron chi connectivity index (χ3n) is 1.93. The van der Waals surface area contributed by atoms with Gasteiger partial charge in [-0.25, -0.2) is 8.78 Å². The van der Waals surface area contributed by atoms with Crippen molar-refractivity contribution in [3.63, 3.8) is 0 Å². The van der Waals surface area contributed by atoms with E-state index in [1.54, 1.807) is 0 Å². The summed E-state index contributed by atoms with van der Waals surface area (Å²) in [6.07, 6.45) is 0.503. The van der Waals surface area contributed by atoms with E-state index in [-0.39, 0.29) is 12.4 Å². The van der Waals surface area contributed by atoms with Gasteiger partial charge in [0.2, 0.25) is 0 Å². The second-order valence-electron chi connectivity index (χ2n) is 3.43. The summed E-state index contributed by atoms with van der Waals surface area (Å²) in [6, 6.07) is 2.97. The van der Waals surface area contributed by atoms with E-state index < -0.39 is 17.7 Å². The highest BCUT2D eigenvalue weighted by Crippen LogP contribution is 2.21. The van der Waals surface area contributed by atoms with Crippen LogP contribution < -0.4 is 5.73 Å². The Hall–Kier alpha value is -0.930.